The fraction of sp³-hybridized carbons (Fsp3) is 0.238. The maximum Gasteiger partial charge on any atom is 0.278 e. The van der Waals surface area contributed by atoms with E-state index in [0.29, 0.717) is 40.7 Å². The Balaban J connectivity index is 1.99. The summed E-state index contributed by atoms with van der Waals surface area (Å²) in [5.41, 5.74) is 1.94. The summed E-state index contributed by atoms with van der Waals surface area (Å²) in [5, 5.41) is 3.69. The van der Waals surface area contributed by atoms with Gasteiger partial charge >= 0.3 is 0 Å². The van der Waals surface area contributed by atoms with Crippen molar-refractivity contribution in [3.63, 3.8) is 0 Å². The molecular formula is C21H21ClN2O3. The molecule has 5 nitrogen and oxygen atoms in total. The number of hydrogen-bond donors (Lipinski definition) is 1. The Kier molecular flexibility index (Phi) is 5.81. The first kappa shape index (κ1) is 19.0. The highest BCUT2D eigenvalue weighted by Crippen LogP contribution is 2.31. The van der Waals surface area contributed by atoms with Crippen LogP contribution >= 0.6 is 11.6 Å². The third-order valence-corrected chi connectivity index (χ3v) is 4.45. The first-order valence-electron chi connectivity index (χ1n) is 8.91. The zero-order chi connectivity index (χ0) is 19.4. The fourth-order valence-corrected chi connectivity index (χ4v) is 3.02. The number of carbonyl (C=O) groups excluding carboxylic acids is 2. The number of amides is 2. The Hall–Kier alpha value is -2.79. The molecule has 1 N–H and O–H groups in total. The number of halogens is 1. The summed E-state index contributed by atoms with van der Waals surface area (Å²) in [5.74, 6) is 0.0534. The number of hydrogen-bond acceptors (Lipinski definition) is 4. The maximum atomic E-state index is 12.8. The summed E-state index contributed by atoms with van der Waals surface area (Å²) in [6.07, 6.45) is 0.905. The summed E-state index contributed by atoms with van der Waals surface area (Å²) >= 11 is 5.96. The summed E-state index contributed by atoms with van der Waals surface area (Å²) in [7, 11) is 0. The van der Waals surface area contributed by atoms with Gasteiger partial charge in [-0.2, -0.15) is 0 Å². The van der Waals surface area contributed by atoms with E-state index in [-0.39, 0.29) is 17.5 Å². The van der Waals surface area contributed by atoms with Crippen molar-refractivity contribution in [2.75, 3.05) is 18.5 Å². The Bertz CT molecular complexity index is 891. The number of carbonyl (C=O) groups is 2. The van der Waals surface area contributed by atoms with Crippen LogP contribution in [0, 0.1) is 0 Å². The molecule has 2 aromatic carbocycles. The predicted octanol–water partition coefficient (Wildman–Crippen LogP) is 4.34. The third-order valence-electron chi connectivity index (χ3n) is 4.19. The molecule has 0 fully saturated rings. The Morgan fingerprint density at radius 1 is 1.04 bits per heavy atom. The zero-order valence-corrected chi connectivity index (χ0v) is 16.0. The molecule has 0 aromatic heterocycles. The molecule has 3 rings (SSSR count). The van der Waals surface area contributed by atoms with Crippen LogP contribution in [0.5, 0.6) is 5.75 Å². The predicted molar refractivity (Wildman–Crippen MR) is 107 cm³/mol. The number of likely N-dealkylation sites (N-methyl/N-ethyl adjacent to an activating group) is 1. The molecule has 0 saturated carbocycles. The average molecular weight is 385 g/mol. The molecule has 0 saturated heterocycles. The second-order valence-corrected chi connectivity index (χ2v) is 6.55. The van der Waals surface area contributed by atoms with E-state index < -0.39 is 0 Å². The molecule has 0 radical (unpaired) electrons. The van der Waals surface area contributed by atoms with E-state index in [2.05, 4.69) is 5.32 Å². The van der Waals surface area contributed by atoms with Gasteiger partial charge in [-0.05, 0) is 43.2 Å². The van der Waals surface area contributed by atoms with Crippen LogP contribution in [0.15, 0.2) is 54.2 Å². The molecule has 6 heteroatoms. The van der Waals surface area contributed by atoms with Gasteiger partial charge in [0, 0.05) is 23.3 Å². The van der Waals surface area contributed by atoms with Crippen LogP contribution in [0.1, 0.15) is 25.8 Å². The number of imide groups is 1. The topological polar surface area (TPSA) is 58.6 Å². The molecule has 1 aliphatic rings. The van der Waals surface area contributed by atoms with E-state index in [0.717, 1.165) is 6.42 Å². The van der Waals surface area contributed by atoms with Gasteiger partial charge in [-0.25, -0.2) is 0 Å². The molecule has 0 bridgehead atoms. The van der Waals surface area contributed by atoms with Crippen LogP contribution in [-0.4, -0.2) is 29.9 Å². The lowest BCUT2D eigenvalue weighted by molar-refractivity contribution is -0.136. The van der Waals surface area contributed by atoms with E-state index >= 15 is 0 Å². The maximum absolute atomic E-state index is 12.8. The van der Waals surface area contributed by atoms with Crippen LogP contribution < -0.4 is 10.1 Å². The summed E-state index contributed by atoms with van der Waals surface area (Å²) < 4.78 is 5.64. The first-order chi connectivity index (χ1) is 13.0. The number of rotatable bonds is 7. The van der Waals surface area contributed by atoms with Gasteiger partial charge in [0.15, 0.2) is 0 Å². The lowest BCUT2D eigenvalue weighted by Crippen LogP contribution is -2.32. The van der Waals surface area contributed by atoms with E-state index in [1.165, 1.54) is 4.90 Å². The second kappa shape index (κ2) is 8.27. The highest BCUT2D eigenvalue weighted by Gasteiger charge is 2.38. The Morgan fingerprint density at radius 2 is 1.78 bits per heavy atom. The van der Waals surface area contributed by atoms with Crippen molar-refractivity contribution < 1.29 is 14.3 Å². The molecule has 2 aromatic rings. The van der Waals surface area contributed by atoms with Crippen molar-refractivity contribution in [1.82, 2.24) is 4.90 Å². The fourth-order valence-electron chi connectivity index (χ4n) is 2.89. The van der Waals surface area contributed by atoms with E-state index in [1.807, 2.05) is 31.2 Å². The van der Waals surface area contributed by atoms with E-state index in [4.69, 9.17) is 16.3 Å². The minimum absolute atomic E-state index is 0.261. The quantitative estimate of drug-likeness (QED) is 0.721. The van der Waals surface area contributed by atoms with Crippen LogP contribution in [0.2, 0.25) is 5.02 Å². The second-order valence-electron chi connectivity index (χ2n) is 6.11. The van der Waals surface area contributed by atoms with Gasteiger partial charge in [-0.15, -0.1) is 0 Å². The molecule has 0 spiro atoms. The molecule has 1 heterocycles. The highest BCUT2D eigenvalue weighted by molar-refractivity contribution is 6.36. The SMILES string of the molecule is CCCOc1cccc(NC2=C(c3ccc(Cl)cc3)C(=O)N(CC)C2=O)c1. The van der Waals surface area contributed by atoms with Crippen molar-refractivity contribution in [3.05, 3.63) is 64.8 Å². The van der Waals surface area contributed by atoms with Crippen LogP contribution in [0.4, 0.5) is 5.69 Å². The normalized spacial score (nSPS) is 14.1. The molecular weight excluding hydrogens is 364 g/mol. The monoisotopic (exact) mass is 384 g/mol. The summed E-state index contributed by atoms with van der Waals surface area (Å²) in [6, 6.07) is 14.2. The van der Waals surface area contributed by atoms with E-state index in [9.17, 15) is 9.59 Å². The van der Waals surface area contributed by atoms with Crippen LogP contribution in [-0.2, 0) is 9.59 Å². The summed E-state index contributed by atoms with van der Waals surface area (Å²) in [4.78, 5) is 26.8. The molecule has 0 atom stereocenters. The van der Waals surface area contributed by atoms with Gasteiger partial charge in [0.1, 0.15) is 11.4 Å². The molecule has 1 aliphatic heterocycles. The van der Waals surface area contributed by atoms with Gasteiger partial charge in [0.2, 0.25) is 0 Å². The highest BCUT2D eigenvalue weighted by atomic mass is 35.5. The molecule has 140 valence electrons. The van der Waals surface area contributed by atoms with Gasteiger partial charge in [0.05, 0.1) is 12.2 Å². The van der Waals surface area contributed by atoms with Crippen LogP contribution in [0.3, 0.4) is 0 Å². The van der Waals surface area contributed by atoms with Gasteiger partial charge in [-0.1, -0.05) is 36.7 Å². The van der Waals surface area contributed by atoms with Crippen molar-refractivity contribution >= 4 is 34.7 Å². The minimum Gasteiger partial charge on any atom is -0.494 e. The standard InChI is InChI=1S/C21H21ClN2O3/c1-3-12-27-17-7-5-6-16(13-17)23-19-18(14-8-10-15(22)11-9-14)20(25)24(4-2)21(19)26/h5-11,13,23H,3-4,12H2,1-2H3. The van der Waals surface area contributed by atoms with E-state index in [1.54, 1.807) is 31.2 Å². The van der Waals surface area contributed by atoms with Gasteiger partial charge in [-0.3, -0.25) is 14.5 Å². The largest absolute Gasteiger partial charge is 0.494 e. The number of benzene rings is 2. The molecule has 0 unspecified atom stereocenters. The van der Waals surface area contributed by atoms with Crippen molar-refractivity contribution in [3.8, 4) is 5.75 Å². The number of nitrogens with one attached hydrogen (secondary N) is 1. The lowest BCUT2D eigenvalue weighted by Gasteiger charge is -2.12. The zero-order valence-electron chi connectivity index (χ0n) is 15.3. The molecule has 27 heavy (non-hydrogen) atoms. The molecule has 0 aliphatic carbocycles. The number of ether oxygens (including phenoxy) is 1. The smallest absolute Gasteiger partial charge is 0.278 e. The summed E-state index contributed by atoms with van der Waals surface area (Å²) in [6.45, 7) is 4.73. The van der Waals surface area contributed by atoms with Crippen LogP contribution in [0.25, 0.3) is 5.57 Å². The first-order valence-corrected chi connectivity index (χ1v) is 9.29. The van der Waals surface area contributed by atoms with Gasteiger partial charge < -0.3 is 10.1 Å². The average Bonchev–Trinajstić information content (AvgIpc) is 2.90. The Morgan fingerprint density at radius 3 is 2.44 bits per heavy atom. The van der Waals surface area contributed by atoms with Crippen molar-refractivity contribution in [2.24, 2.45) is 0 Å². The van der Waals surface area contributed by atoms with Crippen molar-refractivity contribution in [2.45, 2.75) is 20.3 Å². The molecule has 2 amide bonds. The lowest BCUT2D eigenvalue weighted by atomic mass is 10.0. The number of nitrogens with zero attached hydrogens (tertiary/aromatic N) is 1. The minimum atomic E-state index is -0.340. The van der Waals surface area contributed by atoms with Gasteiger partial charge in [0.25, 0.3) is 11.8 Å². The third kappa shape index (κ3) is 3.98. The van der Waals surface area contributed by atoms with Crippen molar-refractivity contribution in [1.29, 1.82) is 0 Å². The number of anilines is 1. The Labute approximate surface area is 163 Å².